The predicted octanol–water partition coefficient (Wildman–Crippen LogP) is 2.20. The molecule has 2 N–H and O–H groups in total. The van der Waals surface area contributed by atoms with Crippen LogP contribution in [0.15, 0.2) is 23.1 Å². The Kier molecular flexibility index (Phi) is 3.80. The van der Waals surface area contributed by atoms with Crippen LogP contribution in [0.5, 0.6) is 5.75 Å². The SMILES string of the molecule is CC1(C)CC(Oc2ccc(F)cc2S(N)(=O)=O)C(C)(C)O1. The molecule has 1 heterocycles. The molecule has 7 heteroatoms. The highest BCUT2D eigenvalue weighted by Crippen LogP contribution is 2.40. The van der Waals surface area contributed by atoms with Gasteiger partial charge in [0.2, 0.25) is 10.0 Å². The van der Waals surface area contributed by atoms with Gasteiger partial charge in [0, 0.05) is 6.42 Å². The molecular formula is C14H20FNO4S. The highest BCUT2D eigenvalue weighted by molar-refractivity contribution is 7.89. The van der Waals surface area contributed by atoms with Crippen LogP contribution in [0.1, 0.15) is 34.1 Å². The second-order valence-corrected chi connectivity index (χ2v) is 7.94. The van der Waals surface area contributed by atoms with Gasteiger partial charge in [0.1, 0.15) is 28.2 Å². The maximum Gasteiger partial charge on any atom is 0.241 e. The first kappa shape index (κ1) is 16.2. The van der Waals surface area contributed by atoms with Crippen LogP contribution < -0.4 is 9.88 Å². The number of primary sulfonamides is 1. The Balaban J connectivity index is 2.37. The van der Waals surface area contributed by atoms with Gasteiger partial charge in [-0.05, 0) is 45.9 Å². The minimum absolute atomic E-state index is 0.0401. The van der Waals surface area contributed by atoms with Crippen LogP contribution in [0.2, 0.25) is 0 Å². The molecule has 2 rings (SSSR count). The van der Waals surface area contributed by atoms with Crippen molar-refractivity contribution >= 4 is 10.0 Å². The summed E-state index contributed by atoms with van der Waals surface area (Å²) in [5, 5.41) is 5.12. The molecule has 1 aromatic rings. The van der Waals surface area contributed by atoms with Gasteiger partial charge in [0.05, 0.1) is 5.60 Å². The lowest BCUT2D eigenvalue weighted by Crippen LogP contribution is -2.37. The maximum atomic E-state index is 13.3. The quantitative estimate of drug-likeness (QED) is 0.927. The van der Waals surface area contributed by atoms with Crippen molar-refractivity contribution < 1.29 is 22.3 Å². The number of hydrogen-bond donors (Lipinski definition) is 1. The van der Waals surface area contributed by atoms with Gasteiger partial charge < -0.3 is 9.47 Å². The van der Waals surface area contributed by atoms with Gasteiger partial charge in [-0.3, -0.25) is 0 Å². The zero-order chi connectivity index (χ0) is 16.1. The number of hydrogen-bond acceptors (Lipinski definition) is 4. The van der Waals surface area contributed by atoms with E-state index in [0.29, 0.717) is 6.42 Å². The molecule has 1 saturated heterocycles. The second kappa shape index (κ2) is 4.93. The lowest BCUT2D eigenvalue weighted by Gasteiger charge is -2.27. The normalized spacial score (nSPS) is 24.0. The molecule has 5 nitrogen and oxygen atoms in total. The van der Waals surface area contributed by atoms with Crippen molar-refractivity contribution in [3.63, 3.8) is 0 Å². The lowest BCUT2D eigenvalue weighted by molar-refractivity contribution is -0.0849. The van der Waals surface area contributed by atoms with E-state index in [1.165, 1.54) is 6.07 Å². The molecule has 0 saturated carbocycles. The number of halogens is 1. The van der Waals surface area contributed by atoms with Crippen molar-refractivity contribution in [3.05, 3.63) is 24.0 Å². The monoisotopic (exact) mass is 317 g/mol. The van der Waals surface area contributed by atoms with E-state index in [0.717, 1.165) is 12.1 Å². The fraction of sp³-hybridized carbons (Fsp3) is 0.571. The first-order valence-electron chi connectivity index (χ1n) is 6.60. The van der Waals surface area contributed by atoms with E-state index in [1.54, 1.807) is 0 Å². The standard InChI is InChI=1S/C14H20FNO4S/c1-13(2)8-12(14(3,4)20-13)19-10-6-5-9(15)7-11(10)21(16,17)18/h5-7,12H,8H2,1-4H3,(H2,16,17,18). The lowest BCUT2D eigenvalue weighted by atomic mass is 9.97. The van der Waals surface area contributed by atoms with Crippen molar-refractivity contribution in [2.45, 2.75) is 56.3 Å². The number of benzene rings is 1. The van der Waals surface area contributed by atoms with Crippen molar-refractivity contribution in [3.8, 4) is 5.75 Å². The van der Waals surface area contributed by atoms with Crippen LogP contribution in [-0.4, -0.2) is 25.7 Å². The first-order valence-corrected chi connectivity index (χ1v) is 8.15. The van der Waals surface area contributed by atoms with E-state index in [1.807, 2.05) is 27.7 Å². The van der Waals surface area contributed by atoms with Gasteiger partial charge in [-0.2, -0.15) is 0 Å². The van der Waals surface area contributed by atoms with E-state index in [2.05, 4.69) is 0 Å². The number of ether oxygens (including phenoxy) is 2. The molecule has 118 valence electrons. The molecule has 0 aromatic heterocycles. The highest BCUT2D eigenvalue weighted by Gasteiger charge is 2.47. The third kappa shape index (κ3) is 3.53. The van der Waals surface area contributed by atoms with Gasteiger partial charge in [-0.25, -0.2) is 17.9 Å². The van der Waals surface area contributed by atoms with Crippen LogP contribution in [0, 0.1) is 5.82 Å². The van der Waals surface area contributed by atoms with E-state index in [-0.39, 0.29) is 22.4 Å². The second-order valence-electron chi connectivity index (χ2n) is 6.41. The number of sulfonamides is 1. The Morgan fingerprint density at radius 2 is 1.95 bits per heavy atom. The van der Waals surface area contributed by atoms with Crippen LogP contribution >= 0.6 is 0 Å². The summed E-state index contributed by atoms with van der Waals surface area (Å²) >= 11 is 0. The summed E-state index contributed by atoms with van der Waals surface area (Å²) in [4.78, 5) is -0.358. The van der Waals surface area contributed by atoms with Gasteiger partial charge >= 0.3 is 0 Å². The molecule has 21 heavy (non-hydrogen) atoms. The zero-order valence-corrected chi connectivity index (χ0v) is 13.3. The molecule has 0 spiro atoms. The summed E-state index contributed by atoms with van der Waals surface area (Å²) in [5.41, 5.74) is -0.969. The zero-order valence-electron chi connectivity index (χ0n) is 12.5. The number of rotatable bonds is 3. The smallest absolute Gasteiger partial charge is 0.241 e. The molecule has 0 amide bonds. The Hall–Kier alpha value is -1.18. The molecule has 1 aliphatic rings. The number of nitrogens with two attached hydrogens (primary N) is 1. The molecule has 1 atom stereocenters. The molecule has 0 aliphatic carbocycles. The average molecular weight is 317 g/mol. The predicted molar refractivity (Wildman–Crippen MR) is 76.0 cm³/mol. The van der Waals surface area contributed by atoms with Crippen LogP contribution in [0.3, 0.4) is 0 Å². The van der Waals surface area contributed by atoms with E-state index in [4.69, 9.17) is 14.6 Å². The fourth-order valence-electron chi connectivity index (χ4n) is 2.65. The molecular weight excluding hydrogens is 297 g/mol. The third-order valence-electron chi connectivity index (χ3n) is 3.47. The molecule has 1 aromatic carbocycles. The molecule has 1 unspecified atom stereocenters. The largest absolute Gasteiger partial charge is 0.486 e. The van der Waals surface area contributed by atoms with E-state index in [9.17, 15) is 12.8 Å². The minimum Gasteiger partial charge on any atom is -0.486 e. The summed E-state index contributed by atoms with van der Waals surface area (Å²) in [6, 6.07) is 3.27. The van der Waals surface area contributed by atoms with E-state index >= 15 is 0 Å². The van der Waals surface area contributed by atoms with Gasteiger partial charge in [-0.1, -0.05) is 0 Å². The summed E-state index contributed by atoms with van der Waals surface area (Å²) in [7, 11) is -4.07. The summed E-state index contributed by atoms with van der Waals surface area (Å²) < 4.78 is 48.1. The van der Waals surface area contributed by atoms with E-state index < -0.39 is 21.4 Å². The molecule has 1 aliphatic heterocycles. The van der Waals surface area contributed by atoms with Gasteiger partial charge in [-0.15, -0.1) is 0 Å². The fourth-order valence-corrected chi connectivity index (χ4v) is 3.32. The highest BCUT2D eigenvalue weighted by atomic mass is 32.2. The maximum absolute atomic E-state index is 13.3. The third-order valence-corrected chi connectivity index (χ3v) is 4.41. The van der Waals surface area contributed by atoms with Gasteiger partial charge in [0.15, 0.2) is 0 Å². The molecule has 0 radical (unpaired) electrons. The topological polar surface area (TPSA) is 78.6 Å². The van der Waals surface area contributed by atoms with Crippen LogP contribution in [0.25, 0.3) is 0 Å². The molecule has 1 fully saturated rings. The van der Waals surface area contributed by atoms with Crippen molar-refractivity contribution in [2.24, 2.45) is 5.14 Å². The van der Waals surface area contributed by atoms with Gasteiger partial charge in [0.25, 0.3) is 0 Å². The Morgan fingerprint density at radius 3 is 2.43 bits per heavy atom. The van der Waals surface area contributed by atoms with Crippen LogP contribution in [0.4, 0.5) is 4.39 Å². The Bertz CT molecular complexity index is 655. The summed E-state index contributed by atoms with van der Waals surface area (Å²) in [6.45, 7) is 7.60. The van der Waals surface area contributed by atoms with Crippen molar-refractivity contribution in [1.29, 1.82) is 0 Å². The average Bonchev–Trinajstić information content (AvgIpc) is 2.47. The van der Waals surface area contributed by atoms with Crippen molar-refractivity contribution in [1.82, 2.24) is 0 Å². The summed E-state index contributed by atoms with van der Waals surface area (Å²) in [5.74, 6) is -0.646. The van der Waals surface area contributed by atoms with Crippen LogP contribution in [-0.2, 0) is 14.8 Å². The summed E-state index contributed by atoms with van der Waals surface area (Å²) in [6.07, 6.45) is 0.222. The Morgan fingerprint density at radius 1 is 1.33 bits per heavy atom. The van der Waals surface area contributed by atoms with Crippen molar-refractivity contribution in [2.75, 3.05) is 0 Å². The first-order chi connectivity index (χ1) is 9.41. The minimum atomic E-state index is -4.07. The Labute approximate surface area is 124 Å². The molecule has 0 bridgehead atoms.